The number of hydrogen-bond donors (Lipinski definition) is 1. The van der Waals surface area contributed by atoms with Crippen LogP contribution in [0.4, 0.5) is 4.39 Å². The average molecular weight is 217 g/mol. The van der Waals surface area contributed by atoms with Crippen molar-refractivity contribution in [3.05, 3.63) is 0 Å². The number of nitrogens with one attached hydrogen (secondary N) is 1. The van der Waals surface area contributed by atoms with E-state index in [0.717, 1.165) is 12.8 Å². The molecule has 0 aliphatic rings. The highest BCUT2D eigenvalue weighted by atomic mass is 19.1. The number of rotatable bonds is 9. The Morgan fingerprint density at radius 2 is 1.73 bits per heavy atom. The van der Waals surface area contributed by atoms with Crippen LogP contribution in [0.15, 0.2) is 0 Å². The van der Waals surface area contributed by atoms with Crippen molar-refractivity contribution in [3.63, 3.8) is 0 Å². The highest BCUT2D eigenvalue weighted by Crippen LogP contribution is 2.17. The second-order valence-corrected chi connectivity index (χ2v) is 4.52. The van der Waals surface area contributed by atoms with E-state index in [1.54, 1.807) is 0 Å². The van der Waals surface area contributed by atoms with Gasteiger partial charge in [-0.05, 0) is 25.7 Å². The van der Waals surface area contributed by atoms with Crippen LogP contribution < -0.4 is 5.32 Å². The van der Waals surface area contributed by atoms with Gasteiger partial charge in [-0.3, -0.25) is 5.32 Å². The minimum atomic E-state index is -0.819. The number of halogens is 1. The Labute approximate surface area is 94.8 Å². The molecule has 92 valence electrons. The SMILES string of the molecule is CCCCC(CC)C(C)NC(F)CCC. The van der Waals surface area contributed by atoms with Crippen LogP contribution in [0.3, 0.4) is 0 Å². The van der Waals surface area contributed by atoms with Crippen molar-refractivity contribution >= 4 is 0 Å². The lowest BCUT2D eigenvalue weighted by atomic mass is 9.92. The summed E-state index contributed by atoms with van der Waals surface area (Å²) in [5, 5.41) is 3.07. The van der Waals surface area contributed by atoms with Crippen LogP contribution in [0.5, 0.6) is 0 Å². The van der Waals surface area contributed by atoms with Crippen molar-refractivity contribution in [2.75, 3.05) is 0 Å². The molecule has 0 fully saturated rings. The number of unbranched alkanes of at least 4 members (excludes halogenated alkanes) is 1. The average Bonchev–Trinajstić information content (AvgIpc) is 2.19. The summed E-state index contributed by atoms with van der Waals surface area (Å²) in [4.78, 5) is 0. The van der Waals surface area contributed by atoms with Crippen molar-refractivity contribution in [1.82, 2.24) is 5.32 Å². The van der Waals surface area contributed by atoms with Crippen molar-refractivity contribution in [2.45, 2.75) is 78.6 Å². The Hall–Kier alpha value is -0.110. The standard InChI is InChI=1S/C13H28FN/c1-5-8-10-12(7-3)11(4)15-13(14)9-6-2/h11-13,15H,5-10H2,1-4H3. The smallest absolute Gasteiger partial charge is 0.151 e. The zero-order valence-corrected chi connectivity index (χ0v) is 10.9. The molecule has 1 N–H and O–H groups in total. The Balaban J connectivity index is 3.85. The summed E-state index contributed by atoms with van der Waals surface area (Å²) in [6.07, 6.45) is 5.58. The summed E-state index contributed by atoms with van der Waals surface area (Å²) in [5.74, 6) is 0.625. The lowest BCUT2D eigenvalue weighted by Crippen LogP contribution is -2.38. The van der Waals surface area contributed by atoms with Gasteiger partial charge in [0.15, 0.2) is 6.30 Å². The molecule has 0 radical (unpaired) electrons. The minimum Gasteiger partial charge on any atom is -0.285 e. The molecule has 0 aromatic heterocycles. The maximum atomic E-state index is 13.4. The molecule has 0 aromatic rings. The molecule has 2 heteroatoms. The zero-order valence-electron chi connectivity index (χ0n) is 10.9. The molecular formula is C13H28FN. The van der Waals surface area contributed by atoms with Gasteiger partial charge in [-0.15, -0.1) is 0 Å². The van der Waals surface area contributed by atoms with Crippen molar-refractivity contribution in [1.29, 1.82) is 0 Å². The summed E-state index contributed by atoms with van der Waals surface area (Å²) in [5.41, 5.74) is 0. The van der Waals surface area contributed by atoms with E-state index in [2.05, 4.69) is 26.1 Å². The van der Waals surface area contributed by atoms with Crippen LogP contribution in [0.1, 0.15) is 66.2 Å². The van der Waals surface area contributed by atoms with E-state index in [4.69, 9.17) is 0 Å². The largest absolute Gasteiger partial charge is 0.285 e. The zero-order chi connectivity index (χ0) is 11.7. The molecular weight excluding hydrogens is 189 g/mol. The third kappa shape index (κ3) is 6.88. The molecule has 1 nitrogen and oxygen atoms in total. The first-order chi connectivity index (χ1) is 7.15. The molecule has 0 bridgehead atoms. The molecule has 0 saturated heterocycles. The Kier molecular flexibility index (Phi) is 9.07. The first-order valence-corrected chi connectivity index (χ1v) is 6.55. The second-order valence-electron chi connectivity index (χ2n) is 4.52. The summed E-state index contributed by atoms with van der Waals surface area (Å²) < 4.78 is 13.4. The molecule has 3 atom stereocenters. The summed E-state index contributed by atoms with van der Waals surface area (Å²) in [7, 11) is 0. The molecule has 0 saturated carbocycles. The third-order valence-corrected chi connectivity index (χ3v) is 3.15. The molecule has 0 heterocycles. The van der Waals surface area contributed by atoms with Gasteiger partial charge >= 0.3 is 0 Å². The van der Waals surface area contributed by atoms with E-state index in [9.17, 15) is 4.39 Å². The van der Waals surface area contributed by atoms with Gasteiger partial charge in [-0.25, -0.2) is 4.39 Å². The van der Waals surface area contributed by atoms with E-state index in [1.807, 2.05) is 6.92 Å². The molecule has 0 aliphatic carbocycles. The van der Waals surface area contributed by atoms with E-state index < -0.39 is 6.30 Å². The van der Waals surface area contributed by atoms with Crippen LogP contribution in [0.2, 0.25) is 0 Å². The van der Waals surface area contributed by atoms with Gasteiger partial charge in [-0.1, -0.05) is 46.5 Å². The van der Waals surface area contributed by atoms with Gasteiger partial charge in [0.25, 0.3) is 0 Å². The third-order valence-electron chi connectivity index (χ3n) is 3.15. The normalized spacial score (nSPS) is 17.4. The van der Waals surface area contributed by atoms with Gasteiger partial charge in [0, 0.05) is 6.04 Å². The van der Waals surface area contributed by atoms with E-state index in [1.165, 1.54) is 19.3 Å². The maximum absolute atomic E-state index is 13.4. The fourth-order valence-corrected chi connectivity index (χ4v) is 2.03. The van der Waals surface area contributed by atoms with Crippen LogP contribution in [0, 0.1) is 5.92 Å². The monoisotopic (exact) mass is 217 g/mol. The molecule has 15 heavy (non-hydrogen) atoms. The highest BCUT2D eigenvalue weighted by molar-refractivity contribution is 4.72. The van der Waals surface area contributed by atoms with E-state index in [0.29, 0.717) is 18.4 Å². The van der Waals surface area contributed by atoms with Gasteiger partial charge in [0.2, 0.25) is 0 Å². The quantitative estimate of drug-likeness (QED) is 0.568. The fraction of sp³-hybridized carbons (Fsp3) is 1.00. The highest BCUT2D eigenvalue weighted by Gasteiger charge is 2.17. The predicted octanol–water partition coefficient (Wildman–Crippen LogP) is 4.28. The van der Waals surface area contributed by atoms with Crippen molar-refractivity contribution < 1.29 is 4.39 Å². The predicted molar refractivity (Wildman–Crippen MR) is 65.7 cm³/mol. The summed E-state index contributed by atoms with van der Waals surface area (Å²) in [6, 6.07) is 0.308. The minimum absolute atomic E-state index is 0.308. The van der Waals surface area contributed by atoms with E-state index >= 15 is 0 Å². The van der Waals surface area contributed by atoms with Crippen LogP contribution >= 0.6 is 0 Å². The van der Waals surface area contributed by atoms with Crippen molar-refractivity contribution in [3.8, 4) is 0 Å². The first kappa shape index (κ1) is 14.9. The molecule has 0 rings (SSSR count). The molecule has 0 aromatic carbocycles. The molecule has 3 unspecified atom stereocenters. The van der Waals surface area contributed by atoms with Gasteiger partial charge in [-0.2, -0.15) is 0 Å². The maximum Gasteiger partial charge on any atom is 0.151 e. The number of alkyl halides is 1. The summed E-state index contributed by atoms with van der Waals surface area (Å²) >= 11 is 0. The fourth-order valence-electron chi connectivity index (χ4n) is 2.03. The second kappa shape index (κ2) is 9.14. The van der Waals surface area contributed by atoms with Gasteiger partial charge in [0.05, 0.1) is 0 Å². The molecule has 0 amide bonds. The van der Waals surface area contributed by atoms with Crippen LogP contribution in [-0.4, -0.2) is 12.3 Å². The Bertz CT molecular complexity index is 138. The molecule has 0 aliphatic heterocycles. The topological polar surface area (TPSA) is 12.0 Å². The lowest BCUT2D eigenvalue weighted by molar-refractivity contribution is 0.199. The van der Waals surface area contributed by atoms with Crippen molar-refractivity contribution in [2.24, 2.45) is 5.92 Å². The molecule has 0 spiro atoms. The Morgan fingerprint density at radius 1 is 1.07 bits per heavy atom. The lowest BCUT2D eigenvalue weighted by Gasteiger charge is -2.25. The van der Waals surface area contributed by atoms with Crippen LogP contribution in [-0.2, 0) is 0 Å². The van der Waals surface area contributed by atoms with Gasteiger partial charge in [0.1, 0.15) is 0 Å². The van der Waals surface area contributed by atoms with Crippen LogP contribution in [0.25, 0.3) is 0 Å². The van der Waals surface area contributed by atoms with E-state index in [-0.39, 0.29) is 0 Å². The number of hydrogen-bond acceptors (Lipinski definition) is 1. The van der Waals surface area contributed by atoms with Gasteiger partial charge < -0.3 is 0 Å². The Morgan fingerprint density at radius 3 is 2.20 bits per heavy atom. The summed E-state index contributed by atoms with van der Waals surface area (Å²) in [6.45, 7) is 8.55. The first-order valence-electron chi connectivity index (χ1n) is 6.55.